The fourth-order valence-corrected chi connectivity index (χ4v) is 3.92. The minimum Gasteiger partial charge on any atom is -0.335 e. The van der Waals surface area contributed by atoms with Gasteiger partial charge < -0.3 is 10.6 Å². The van der Waals surface area contributed by atoms with E-state index >= 15 is 0 Å². The number of urea groups is 1. The number of hydrogen-bond acceptors (Lipinski definition) is 3. The van der Waals surface area contributed by atoms with Crippen LogP contribution in [0.1, 0.15) is 24.0 Å². The van der Waals surface area contributed by atoms with E-state index in [9.17, 15) is 17.6 Å². The molecule has 0 spiro atoms. The number of sulfone groups is 1. The summed E-state index contributed by atoms with van der Waals surface area (Å²) >= 11 is 0. The van der Waals surface area contributed by atoms with E-state index in [0.29, 0.717) is 11.6 Å². The maximum absolute atomic E-state index is 13.5. The number of hydrogen-bond donors (Lipinski definition) is 2. The standard InChI is InChI=1S/C20H23FN2O3S/c1-27(25,26)13-16-12-17(21)9-10-18(16)22-20(24)23-19(15-7-8-15)11-14-5-3-2-4-6-14/h2-6,9-10,12,15,19H,7-8,11,13H2,1H3,(H2,22,23,24). The quantitative estimate of drug-likeness (QED) is 0.760. The molecule has 7 heteroatoms. The maximum atomic E-state index is 13.5. The number of nitrogens with one attached hydrogen (secondary N) is 2. The molecule has 5 nitrogen and oxygen atoms in total. The first kappa shape index (κ1) is 19.4. The highest BCUT2D eigenvalue weighted by atomic mass is 32.2. The van der Waals surface area contributed by atoms with E-state index in [1.165, 1.54) is 12.1 Å². The highest BCUT2D eigenvalue weighted by molar-refractivity contribution is 7.89. The molecule has 0 saturated heterocycles. The van der Waals surface area contributed by atoms with Gasteiger partial charge in [0.1, 0.15) is 5.82 Å². The third-order valence-electron chi connectivity index (χ3n) is 4.54. The predicted octanol–water partition coefficient (Wildman–Crippen LogP) is 3.51. The summed E-state index contributed by atoms with van der Waals surface area (Å²) in [5.41, 5.74) is 1.68. The summed E-state index contributed by atoms with van der Waals surface area (Å²) in [6.45, 7) is 0. The Morgan fingerprint density at radius 1 is 1.19 bits per heavy atom. The largest absolute Gasteiger partial charge is 0.335 e. The second kappa shape index (κ2) is 8.08. The van der Waals surface area contributed by atoms with Crippen LogP contribution in [0.15, 0.2) is 48.5 Å². The van der Waals surface area contributed by atoms with Crippen molar-refractivity contribution in [3.05, 3.63) is 65.5 Å². The van der Waals surface area contributed by atoms with E-state index < -0.39 is 21.7 Å². The molecule has 3 rings (SSSR count). The van der Waals surface area contributed by atoms with E-state index in [2.05, 4.69) is 10.6 Å². The molecule has 2 aromatic rings. The third-order valence-corrected chi connectivity index (χ3v) is 5.37. The molecule has 1 fully saturated rings. The van der Waals surface area contributed by atoms with Crippen LogP contribution in [0.3, 0.4) is 0 Å². The van der Waals surface area contributed by atoms with Crippen LogP contribution in [0, 0.1) is 11.7 Å². The average Bonchev–Trinajstić information content (AvgIpc) is 3.41. The van der Waals surface area contributed by atoms with Gasteiger partial charge >= 0.3 is 6.03 Å². The first-order valence-electron chi connectivity index (χ1n) is 8.88. The average molecular weight is 390 g/mol. The molecular weight excluding hydrogens is 367 g/mol. The zero-order valence-corrected chi connectivity index (χ0v) is 15.9. The van der Waals surface area contributed by atoms with Crippen LogP contribution in [0.5, 0.6) is 0 Å². The van der Waals surface area contributed by atoms with Crippen LogP contribution in [0.4, 0.5) is 14.9 Å². The van der Waals surface area contributed by atoms with Gasteiger partial charge in [0.2, 0.25) is 0 Å². The summed E-state index contributed by atoms with van der Waals surface area (Å²) in [4.78, 5) is 12.5. The van der Waals surface area contributed by atoms with Gasteiger partial charge in [-0.2, -0.15) is 0 Å². The first-order chi connectivity index (χ1) is 12.8. The Labute approximate surface area is 158 Å². The van der Waals surface area contributed by atoms with Gasteiger partial charge in [0.25, 0.3) is 0 Å². The van der Waals surface area contributed by atoms with Gasteiger partial charge in [-0.3, -0.25) is 0 Å². The fraction of sp³-hybridized carbons (Fsp3) is 0.350. The minimum atomic E-state index is -3.36. The van der Waals surface area contributed by atoms with Gasteiger partial charge in [0.05, 0.1) is 5.75 Å². The second-order valence-electron chi connectivity index (χ2n) is 7.10. The van der Waals surface area contributed by atoms with Gasteiger partial charge in [-0.1, -0.05) is 30.3 Å². The van der Waals surface area contributed by atoms with E-state index in [1.807, 2.05) is 30.3 Å². The molecule has 2 N–H and O–H groups in total. The molecule has 2 aromatic carbocycles. The lowest BCUT2D eigenvalue weighted by Gasteiger charge is -2.20. The molecule has 1 aliphatic rings. The van der Waals surface area contributed by atoms with Crippen molar-refractivity contribution in [3.8, 4) is 0 Å². The van der Waals surface area contributed by atoms with Crippen molar-refractivity contribution in [1.29, 1.82) is 0 Å². The molecule has 27 heavy (non-hydrogen) atoms. The minimum absolute atomic E-state index is 0.00575. The van der Waals surface area contributed by atoms with Gasteiger partial charge in [-0.25, -0.2) is 17.6 Å². The lowest BCUT2D eigenvalue weighted by atomic mass is 10.0. The second-order valence-corrected chi connectivity index (χ2v) is 9.24. The number of benzene rings is 2. The Hall–Kier alpha value is -2.41. The Balaban J connectivity index is 1.69. The van der Waals surface area contributed by atoms with Crippen molar-refractivity contribution >= 4 is 21.6 Å². The SMILES string of the molecule is CS(=O)(=O)Cc1cc(F)ccc1NC(=O)NC(Cc1ccccc1)C1CC1. The van der Waals surface area contributed by atoms with Crippen molar-refractivity contribution in [2.24, 2.45) is 5.92 Å². The van der Waals surface area contributed by atoms with Gasteiger partial charge in [-0.05, 0) is 54.5 Å². The van der Waals surface area contributed by atoms with Crippen LogP contribution in [-0.4, -0.2) is 26.7 Å². The molecule has 0 aliphatic heterocycles. The summed E-state index contributed by atoms with van der Waals surface area (Å²) in [5, 5.41) is 5.67. The molecule has 0 radical (unpaired) electrons. The van der Waals surface area contributed by atoms with Crippen molar-refractivity contribution in [3.63, 3.8) is 0 Å². The smallest absolute Gasteiger partial charge is 0.319 e. The summed E-state index contributed by atoms with van der Waals surface area (Å²) in [5.74, 6) is -0.435. The van der Waals surface area contributed by atoms with Crippen LogP contribution < -0.4 is 10.6 Å². The lowest BCUT2D eigenvalue weighted by Crippen LogP contribution is -2.40. The Morgan fingerprint density at radius 3 is 2.52 bits per heavy atom. The zero-order chi connectivity index (χ0) is 19.4. The summed E-state index contributed by atoms with van der Waals surface area (Å²) in [6, 6.07) is 13.3. The molecule has 2 amide bonds. The van der Waals surface area contributed by atoms with Gasteiger partial charge in [0.15, 0.2) is 9.84 Å². The maximum Gasteiger partial charge on any atom is 0.319 e. The fourth-order valence-electron chi connectivity index (χ4n) is 3.12. The molecular formula is C20H23FN2O3S. The molecule has 1 unspecified atom stereocenters. The van der Waals surface area contributed by atoms with E-state index in [1.54, 1.807) is 0 Å². The van der Waals surface area contributed by atoms with Crippen molar-refractivity contribution < 1.29 is 17.6 Å². The van der Waals surface area contributed by atoms with Gasteiger partial charge in [-0.15, -0.1) is 0 Å². The number of amides is 2. The zero-order valence-electron chi connectivity index (χ0n) is 15.1. The molecule has 1 atom stereocenters. The van der Waals surface area contributed by atoms with Crippen LogP contribution in [-0.2, 0) is 22.0 Å². The number of carbonyl (C=O) groups is 1. The molecule has 0 heterocycles. The predicted molar refractivity (Wildman–Crippen MR) is 104 cm³/mol. The van der Waals surface area contributed by atoms with Crippen molar-refractivity contribution in [1.82, 2.24) is 5.32 Å². The molecule has 1 saturated carbocycles. The number of halogens is 1. The van der Waals surface area contributed by atoms with Crippen LogP contribution >= 0.6 is 0 Å². The van der Waals surface area contributed by atoms with E-state index in [4.69, 9.17) is 0 Å². The molecule has 1 aliphatic carbocycles. The van der Waals surface area contributed by atoms with E-state index in [-0.39, 0.29) is 17.4 Å². The molecule has 0 bridgehead atoms. The monoisotopic (exact) mass is 390 g/mol. The van der Waals surface area contributed by atoms with Crippen molar-refractivity contribution in [2.75, 3.05) is 11.6 Å². The Bertz CT molecular complexity index is 912. The third kappa shape index (κ3) is 6.06. The topological polar surface area (TPSA) is 75.3 Å². The van der Waals surface area contributed by atoms with Gasteiger partial charge in [0, 0.05) is 18.0 Å². The number of carbonyl (C=O) groups excluding carboxylic acids is 1. The van der Waals surface area contributed by atoms with Crippen LogP contribution in [0.25, 0.3) is 0 Å². The highest BCUT2D eigenvalue weighted by Gasteiger charge is 2.32. The first-order valence-corrected chi connectivity index (χ1v) is 10.9. The number of anilines is 1. The summed E-state index contributed by atoms with van der Waals surface area (Å²) < 4.78 is 36.7. The Kier molecular flexibility index (Phi) is 5.79. The number of rotatable bonds is 7. The lowest BCUT2D eigenvalue weighted by molar-refractivity contribution is 0.246. The Morgan fingerprint density at radius 2 is 1.89 bits per heavy atom. The molecule has 0 aromatic heterocycles. The summed E-state index contributed by atoms with van der Waals surface area (Å²) in [7, 11) is -3.36. The van der Waals surface area contributed by atoms with Crippen molar-refractivity contribution in [2.45, 2.75) is 31.1 Å². The molecule has 144 valence electrons. The normalized spacial score (nSPS) is 15.2. The van der Waals surface area contributed by atoms with Crippen LogP contribution in [0.2, 0.25) is 0 Å². The summed E-state index contributed by atoms with van der Waals surface area (Å²) in [6.07, 6.45) is 3.96. The van der Waals surface area contributed by atoms with E-state index in [0.717, 1.165) is 37.1 Å². The highest BCUT2D eigenvalue weighted by Crippen LogP contribution is 2.34.